The second kappa shape index (κ2) is 6.58. The number of pyridine rings is 1. The first kappa shape index (κ1) is 15.8. The first-order chi connectivity index (χ1) is 11.2. The molecule has 0 fully saturated rings. The second-order valence-corrected chi connectivity index (χ2v) is 5.74. The van der Waals surface area contributed by atoms with Gasteiger partial charge >= 0.3 is 0 Å². The molecule has 6 nitrogen and oxygen atoms in total. The third-order valence-electron chi connectivity index (χ3n) is 4.10. The van der Waals surface area contributed by atoms with Crippen molar-refractivity contribution < 1.29 is 0 Å². The smallest absolute Gasteiger partial charge is 0.160 e. The molecule has 0 aliphatic heterocycles. The maximum Gasteiger partial charge on any atom is 0.160 e. The van der Waals surface area contributed by atoms with Crippen LogP contribution in [0, 0.1) is 0 Å². The lowest BCUT2D eigenvalue weighted by Gasteiger charge is -2.17. The number of aryl methyl sites for hydroxylation is 1. The van der Waals surface area contributed by atoms with Crippen LogP contribution < -0.4 is 4.90 Å². The standard InChI is InChI=1S/C16H21ClN6/c1-4-21(5-2)16-13-9-19-15(17)7-14(13)23(20-16)10-12-8-18-11-22(12)6-3/h7-9,11H,4-6,10H2,1-3H3. The maximum absolute atomic E-state index is 6.10. The van der Waals surface area contributed by atoms with Crippen LogP contribution in [0.5, 0.6) is 0 Å². The Kier molecular flexibility index (Phi) is 4.52. The zero-order chi connectivity index (χ0) is 16.4. The molecular formula is C16H21ClN6. The summed E-state index contributed by atoms with van der Waals surface area (Å²) >= 11 is 6.10. The van der Waals surface area contributed by atoms with E-state index in [1.54, 1.807) is 0 Å². The van der Waals surface area contributed by atoms with E-state index >= 15 is 0 Å². The molecule has 3 heterocycles. The lowest BCUT2D eigenvalue weighted by molar-refractivity contribution is 0.633. The van der Waals surface area contributed by atoms with E-state index < -0.39 is 0 Å². The molecule has 0 bridgehead atoms. The zero-order valence-corrected chi connectivity index (χ0v) is 14.5. The van der Waals surface area contributed by atoms with Gasteiger partial charge in [0.15, 0.2) is 5.82 Å². The van der Waals surface area contributed by atoms with E-state index in [4.69, 9.17) is 16.7 Å². The van der Waals surface area contributed by atoms with E-state index in [9.17, 15) is 0 Å². The number of hydrogen-bond donors (Lipinski definition) is 0. The quantitative estimate of drug-likeness (QED) is 0.650. The van der Waals surface area contributed by atoms with E-state index in [0.29, 0.717) is 11.7 Å². The van der Waals surface area contributed by atoms with Gasteiger partial charge in [0.1, 0.15) is 5.15 Å². The van der Waals surface area contributed by atoms with Crippen molar-refractivity contribution in [3.8, 4) is 0 Å². The summed E-state index contributed by atoms with van der Waals surface area (Å²) in [4.78, 5) is 10.7. The Hall–Kier alpha value is -2.08. The molecular weight excluding hydrogens is 312 g/mol. The number of fused-ring (bicyclic) bond motifs is 1. The summed E-state index contributed by atoms with van der Waals surface area (Å²) in [7, 11) is 0. The average molecular weight is 333 g/mol. The molecule has 0 radical (unpaired) electrons. The molecule has 0 aliphatic carbocycles. The van der Waals surface area contributed by atoms with Crippen molar-refractivity contribution in [3.05, 3.63) is 35.6 Å². The van der Waals surface area contributed by atoms with Gasteiger partial charge in [-0.05, 0) is 20.8 Å². The Morgan fingerprint density at radius 1 is 1.17 bits per heavy atom. The van der Waals surface area contributed by atoms with Crippen LogP contribution >= 0.6 is 11.6 Å². The van der Waals surface area contributed by atoms with Crippen LogP contribution in [0.1, 0.15) is 26.5 Å². The van der Waals surface area contributed by atoms with Crippen molar-refractivity contribution in [3.63, 3.8) is 0 Å². The van der Waals surface area contributed by atoms with Gasteiger partial charge in [0.25, 0.3) is 0 Å². The van der Waals surface area contributed by atoms with E-state index in [1.807, 2.05) is 29.5 Å². The fourth-order valence-corrected chi connectivity index (χ4v) is 2.98. The van der Waals surface area contributed by atoms with Gasteiger partial charge in [-0.1, -0.05) is 11.6 Å². The van der Waals surface area contributed by atoms with Gasteiger partial charge in [-0.25, -0.2) is 9.97 Å². The molecule has 0 unspecified atom stereocenters. The predicted octanol–water partition coefficient (Wildman–Crippen LogP) is 3.20. The minimum atomic E-state index is 0.480. The third-order valence-corrected chi connectivity index (χ3v) is 4.30. The van der Waals surface area contributed by atoms with Crippen LogP contribution in [-0.4, -0.2) is 37.4 Å². The van der Waals surface area contributed by atoms with Crippen LogP contribution in [0.2, 0.25) is 5.15 Å². The maximum atomic E-state index is 6.10. The van der Waals surface area contributed by atoms with Crippen LogP contribution in [-0.2, 0) is 13.1 Å². The third kappa shape index (κ3) is 2.91. The molecule has 122 valence electrons. The van der Waals surface area contributed by atoms with Crippen molar-refractivity contribution in [1.29, 1.82) is 0 Å². The first-order valence-electron chi connectivity index (χ1n) is 7.93. The number of halogens is 1. The highest BCUT2D eigenvalue weighted by atomic mass is 35.5. The highest BCUT2D eigenvalue weighted by Gasteiger charge is 2.16. The highest BCUT2D eigenvalue weighted by Crippen LogP contribution is 2.27. The van der Waals surface area contributed by atoms with Crippen molar-refractivity contribution in [2.45, 2.75) is 33.9 Å². The van der Waals surface area contributed by atoms with Gasteiger partial charge in [-0.3, -0.25) is 4.68 Å². The van der Waals surface area contributed by atoms with Gasteiger partial charge in [0, 0.05) is 31.9 Å². The lowest BCUT2D eigenvalue weighted by Crippen LogP contribution is -2.22. The Labute approximate surface area is 140 Å². The number of aromatic nitrogens is 5. The number of rotatable bonds is 6. The topological polar surface area (TPSA) is 51.8 Å². The largest absolute Gasteiger partial charge is 0.355 e. The molecule has 3 rings (SSSR count). The molecule has 0 atom stereocenters. The Bertz CT molecular complexity index is 802. The summed E-state index contributed by atoms with van der Waals surface area (Å²) in [6.45, 7) is 9.71. The van der Waals surface area contributed by atoms with Gasteiger partial charge in [0.2, 0.25) is 0 Å². The highest BCUT2D eigenvalue weighted by molar-refractivity contribution is 6.30. The first-order valence-corrected chi connectivity index (χ1v) is 8.31. The SMILES string of the molecule is CCN(CC)c1nn(Cc2cncn2CC)c2cc(Cl)ncc12. The fourth-order valence-electron chi connectivity index (χ4n) is 2.82. The molecule has 0 spiro atoms. The Morgan fingerprint density at radius 3 is 2.65 bits per heavy atom. The predicted molar refractivity (Wildman–Crippen MR) is 93.1 cm³/mol. The Morgan fingerprint density at radius 2 is 1.96 bits per heavy atom. The number of hydrogen-bond acceptors (Lipinski definition) is 4. The molecule has 0 aliphatic rings. The summed E-state index contributed by atoms with van der Waals surface area (Å²) in [5.41, 5.74) is 2.12. The van der Waals surface area contributed by atoms with Gasteiger partial charge in [-0.15, -0.1) is 0 Å². The van der Waals surface area contributed by atoms with Gasteiger partial charge in [0.05, 0.1) is 35.7 Å². The summed E-state index contributed by atoms with van der Waals surface area (Å²) in [5.74, 6) is 0.955. The average Bonchev–Trinajstić information content (AvgIpc) is 3.14. The van der Waals surface area contributed by atoms with Gasteiger partial charge < -0.3 is 9.47 Å². The molecule has 3 aromatic heterocycles. The molecule has 0 aromatic carbocycles. The van der Waals surface area contributed by atoms with Gasteiger partial charge in [-0.2, -0.15) is 5.10 Å². The second-order valence-electron chi connectivity index (χ2n) is 5.35. The van der Waals surface area contributed by atoms with Crippen molar-refractivity contribution in [2.75, 3.05) is 18.0 Å². The number of imidazole rings is 1. The fraction of sp³-hybridized carbons (Fsp3) is 0.438. The van der Waals surface area contributed by atoms with Crippen LogP contribution in [0.4, 0.5) is 5.82 Å². The molecule has 0 saturated heterocycles. The summed E-state index contributed by atoms with van der Waals surface area (Å²) in [6.07, 6.45) is 5.55. The van der Waals surface area contributed by atoms with E-state index in [1.165, 1.54) is 0 Å². The minimum Gasteiger partial charge on any atom is -0.355 e. The molecule has 0 N–H and O–H groups in total. The summed E-state index contributed by atoms with van der Waals surface area (Å²) in [6, 6.07) is 1.88. The Balaban J connectivity index is 2.10. The molecule has 3 aromatic rings. The van der Waals surface area contributed by atoms with Crippen molar-refractivity contribution in [1.82, 2.24) is 24.3 Å². The summed E-state index contributed by atoms with van der Waals surface area (Å²) in [5, 5.41) is 6.33. The van der Waals surface area contributed by atoms with E-state index in [-0.39, 0.29) is 0 Å². The molecule has 23 heavy (non-hydrogen) atoms. The molecule has 0 amide bonds. The van der Waals surface area contributed by atoms with Crippen LogP contribution in [0.3, 0.4) is 0 Å². The number of anilines is 1. The lowest BCUT2D eigenvalue weighted by atomic mass is 10.3. The molecule has 0 saturated carbocycles. The van der Waals surface area contributed by atoms with E-state index in [2.05, 4.69) is 40.2 Å². The normalized spacial score (nSPS) is 11.3. The zero-order valence-electron chi connectivity index (χ0n) is 13.7. The monoisotopic (exact) mass is 332 g/mol. The van der Waals surface area contributed by atoms with Crippen molar-refractivity contribution >= 4 is 28.3 Å². The number of nitrogens with zero attached hydrogens (tertiary/aromatic N) is 6. The van der Waals surface area contributed by atoms with E-state index in [0.717, 1.165) is 42.0 Å². The molecule has 7 heteroatoms. The van der Waals surface area contributed by atoms with Crippen LogP contribution in [0.25, 0.3) is 10.9 Å². The minimum absolute atomic E-state index is 0.480. The van der Waals surface area contributed by atoms with Crippen LogP contribution in [0.15, 0.2) is 24.8 Å². The van der Waals surface area contributed by atoms with Crippen molar-refractivity contribution in [2.24, 2.45) is 0 Å². The summed E-state index contributed by atoms with van der Waals surface area (Å²) < 4.78 is 4.10.